The van der Waals surface area contributed by atoms with E-state index in [9.17, 15) is 0 Å². The van der Waals surface area contributed by atoms with Gasteiger partial charge in [0.25, 0.3) is 0 Å². The van der Waals surface area contributed by atoms with Crippen LogP contribution in [-0.4, -0.2) is 49.8 Å². The fraction of sp³-hybridized carbons (Fsp3) is 1.00. The molecule has 2 saturated heterocycles. The highest BCUT2D eigenvalue weighted by atomic mass is 16.5. The molecule has 3 rings (SSSR count). The van der Waals surface area contributed by atoms with Crippen molar-refractivity contribution in [3.63, 3.8) is 0 Å². The second kappa shape index (κ2) is 6.11. The molecule has 1 spiro atoms. The molecule has 0 aromatic heterocycles. The van der Waals surface area contributed by atoms with Crippen LogP contribution in [0.5, 0.6) is 0 Å². The summed E-state index contributed by atoms with van der Waals surface area (Å²) in [6.45, 7) is 4.79. The van der Waals surface area contributed by atoms with Gasteiger partial charge in [0, 0.05) is 13.1 Å². The topological polar surface area (TPSA) is 24.5 Å². The van der Waals surface area contributed by atoms with Gasteiger partial charge >= 0.3 is 0 Å². The predicted molar refractivity (Wildman–Crippen MR) is 78.4 cm³/mol. The molecule has 0 bridgehead atoms. The highest BCUT2D eigenvalue weighted by molar-refractivity contribution is 4.91. The van der Waals surface area contributed by atoms with Crippen molar-refractivity contribution >= 4 is 0 Å². The molecule has 0 aromatic carbocycles. The van der Waals surface area contributed by atoms with Crippen molar-refractivity contribution < 1.29 is 4.74 Å². The molecule has 3 nitrogen and oxygen atoms in total. The number of likely N-dealkylation sites (tertiary alicyclic amines) is 1. The molecule has 3 aliphatic rings. The SMILES string of the molecule is CN1CCC(CNCC2CCC3(CCCCC3)O2)C1. The van der Waals surface area contributed by atoms with Crippen LogP contribution < -0.4 is 5.32 Å². The van der Waals surface area contributed by atoms with Gasteiger partial charge in [0.1, 0.15) is 0 Å². The number of nitrogens with zero attached hydrogens (tertiary/aromatic N) is 1. The van der Waals surface area contributed by atoms with Crippen molar-refractivity contribution in [3.05, 3.63) is 0 Å². The summed E-state index contributed by atoms with van der Waals surface area (Å²) in [6.07, 6.45) is 11.2. The van der Waals surface area contributed by atoms with Crippen LogP contribution in [0.15, 0.2) is 0 Å². The second-order valence-electron chi connectivity index (χ2n) is 7.10. The molecule has 1 aliphatic carbocycles. The number of nitrogens with one attached hydrogen (secondary N) is 1. The van der Waals surface area contributed by atoms with E-state index < -0.39 is 0 Å². The molecule has 2 heterocycles. The quantitative estimate of drug-likeness (QED) is 0.846. The van der Waals surface area contributed by atoms with Gasteiger partial charge in [0.15, 0.2) is 0 Å². The summed E-state index contributed by atoms with van der Waals surface area (Å²) in [7, 11) is 2.23. The average Bonchev–Trinajstić information content (AvgIpc) is 2.99. The molecule has 1 saturated carbocycles. The normalized spacial score (nSPS) is 35.2. The van der Waals surface area contributed by atoms with Crippen LogP contribution in [0.4, 0.5) is 0 Å². The summed E-state index contributed by atoms with van der Waals surface area (Å²) < 4.78 is 6.40. The number of rotatable bonds is 4. The summed E-state index contributed by atoms with van der Waals surface area (Å²) in [6, 6.07) is 0. The van der Waals surface area contributed by atoms with Crippen LogP contribution in [0.25, 0.3) is 0 Å². The van der Waals surface area contributed by atoms with Crippen molar-refractivity contribution in [1.82, 2.24) is 10.2 Å². The van der Waals surface area contributed by atoms with Crippen LogP contribution in [0.1, 0.15) is 51.4 Å². The molecule has 2 atom stereocenters. The first kappa shape index (κ1) is 13.8. The summed E-state index contributed by atoms with van der Waals surface area (Å²) in [5.41, 5.74) is 0.290. The lowest BCUT2D eigenvalue weighted by atomic mass is 9.83. The lowest BCUT2D eigenvalue weighted by Gasteiger charge is -2.33. The minimum atomic E-state index is 0.290. The van der Waals surface area contributed by atoms with E-state index in [0.717, 1.165) is 12.5 Å². The van der Waals surface area contributed by atoms with Gasteiger partial charge in [0.05, 0.1) is 11.7 Å². The van der Waals surface area contributed by atoms with E-state index in [1.54, 1.807) is 0 Å². The molecule has 3 fully saturated rings. The van der Waals surface area contributed by atoms with Crippen molar-refractivity contribution in [2.24, 2.45) is 5.92 Å². The van der Waals surface area contributed by atoms with Gasteiger partial charge in [-0.05, 0) is 58.2 Å². The molecule has 2 aliphatic heterocycles. The molecule has 0 amide bonds. The highest BCUT2D eigenvalue weighted by Crippen LogP contribution is 2.41. The molecule has 0 radical (unpaired) electrons. The van der Waals surface area contributed by atoms with Gasteiger partial charge in [-0.2, -0.15) is 0 Å². The average molecular weight is 266 g/mol. The van der Waals surface area contributed by atoms with E-state index in [1.807, 2.05) is 0 Å². The summed E-state index contributed by atoms with van der Waals surface area (Å²) in [5.74, 6) is 0.857. The smallest absolute Gasteiger partial charge is 0.0708 e. The Morgan fingerprint density at radius 3 is 2.68 bits per heavy atom. The van der Waals surface area contributed by atoms with E-state index in [-0.39, 0.29) is 5.60 Å². The Hall–Kier alpha value is -0.120. The maximum absolute atomic E-state index is 6.40. The van der Waals surface area contributed by atoms with Gasteiger partial charge in [0.2, 0.25) is 0 Å². The molecule has 2 unspecified atom stereocenters. The van der Waals surface area contributed by atoms with Crippen molar-refractivity contribution in [3.8, 4) is 0 Å². The maximum Gasteiger partial charge on any atom is 0.0708 e. The van der Waals surface area contributed by atoms with Crippen molar-refractivity contribution in [2.75, 3.05) is 33.2 Å². The molecule has 1 N–H and O–H groups in total. The zero-order valence-corrected chi connectivity index (χ0v) is 12.5. The first-order valence-corrected chi connectivity index (χ1v) is 8.33. The van der Waals surface area contributed by atoms with Crippen LogP contribution in [-0.2, 0) is 4.74 Å². The molecule has 110 valence electrons. The second-order valence-corrected chi connectivity index (χ2v) is 7.10. The summed E-state index contributed by atoms with van der Waals surface area (Å²) in [4.78, 5) is 2.44. The van der Waals surface area contributed by atoms with Crippen molar-refractivity contribution in [2.45, 2.75) is 63.1 Å². The fourth-order valence-electron chi connectivity index (χ4n) is 4.24. The van der Waals surface area contributed by atoms with Crippen LogP contribution >= 0.6 is 0 Å². The lowest BCUT2D eigenvalue weighted by molar-refractivity contribution is -0.0624. The number of ether oxygens (including phenoxy) is 1. The Bertz CT molecular complexity index is 288. The third kappa shape index (κ3) is 3.50. The zero-order valence-electron chi connectivity index (χ0n) is 12.5. The number of hydrogen-bond acceptors (Lipinski definition) is 3. The van der Waals surface area contributed by atoms with Gasteiger partial charge in [-0.1, -0.05) is 19.3 Å². The standard InChI is InChI=1S/C16H30N2O/c1-18-10-6-14(13-18)11-17-12-15-5-9-16(19-15)7-3-2-4-8-16/h14-15,17H,2-13H2,1H3. The van der Waals surface area contributed by atoms with E-state index in [4.69, 9.17) is 4.74 Å². The van der Waals surface area contributed by atoms with Crippen LogP contribution in [0.2, 0.25) is 0 Å². The minimum Gasteiger partial charge on any atom is -0.370 e. The summed E-state index contributed by atoms with van der Waals surface area (Å²) >= 11 is 0. The Kier molecular flexibility index (Phi) is 4.45. The molecule has 3 heteroatoms. The fourth-order valence-corrected chi connectivity index (χ4v) is 4.24. The van der Waals surface area contributed by atoms with Gasteiger partial charge < -0.3 is 15.0 Å². The largest absolute Gasteiger partial charge is 0.370 e. The highest BCUT2D eigenvalue weighted by Gasteiger charge is 2.40. The van der Waals surface area contributed by atoms with Crippen LogP contribution in [0, 0.1) is 5.92 Å². The molecular formula is C16H30N2O. The van der Waals surface area contributed by atoms with E-state index in [0.29, 0.717) is 6.10 Å². The van der Waals surface area contributed by atoms with E-state index >= 15 is 0 Å². The third-order valence-electron chi connectivity index (χ3n) is 5.40. The molecular weight excluding hydrogens is 236 g/mol. The summed E-state index contributed by atoms with van der Waals surface area (Å²) in [5, 5.41) is 3.66. The first-order valence-electron chi connectivity index (χ1n) is 8.33. The van der Waals surface area contributed by atoms with E-state index in [2.05, 4.69) is 17.3 Å². The third-order valence-corrected chi connectivity index (χ3v) is 5.40. The van der Waals surface area contributed by atoms with Gasteiger partial charge in [-0.15, -0.1) is 0 Å². The minimum absolute atomic E-state index is 0.290. The van der Waals surface area contributed by atoms with Gasteiger partial charge in [-0.25, -0.2) is 0 Å². The van der Waals surface area contributed by atoms with Crippen molar-refractivity contribution in [1.29, 1.82) is 0 Å². The first-order chi connectivity index (χ1) is 9.26. The Balaban J connectivity index is 1.35. The van der Waals surface area contributed by atoms with E-state index in [1.165, 1.54) is 71.0 Å². The molecule has 19 heavy (non-hydrogen) atoms. The zero-order chi connectivity index (χ0) is 13.1. The predicted octanol–water partition coefficient (Wildman–Crippen LogP) is 2.41. The lowest BCUT2D eigenvalue weighted by Crippen LogP contribution is -2.36. The monoisotopic (exact) mass is 266 g/mol. The van der Waals surface area contributed by atoms with Crippen LogP contribution in [0.3, 0.4) is 0 Å². The molecule has 0 aromatic rings. The number of hydrogen-bond donors (Lipinski definition) is 1. The Morgan fingerprint density at radius 2 is 1.95 bits per heavy atom. The Labute approximate surface area is 118 Å². The Morgan fingerprint density at radius 1 is 1.11 bits per heavy atom. The van der Waals surface area contributed by atoms with Gasteiger partial charge in [-0.3, -0.25) is 0 Å². The maximum atomic E-state index is 6.40.